The van der Waals surface area contributed by atoms with Crippen molar-refractivity contribution >= 4 is 23.5 Å². The lowest BCUT2D eigenvalue weighted by atomic mass is 10.1. The number of hydrogen-bond donors (Lipinski definition) is 4. The van der Waals surface area contributed by atoms with Crippen molar-refractivity contribution < 1.29 is 14.4 Å². The molecular formula is C14H20N4O3. The van der Waals surface area contributed by atoms with E-state index in [1.807, 2.05) is 20.8 Å². The number of rotatable bonds is 4. The van der Waals surface area contributed by atoms with Crippen molar-refractivity contribution in [3.63, 3.8) is 0 Å². The lowest BCUT2D eigenvalue weighted by Gasteiger charge is -2.20. The maximum atomic E-state index is 11.8. The molecule has 0 fully saturated rings. The molecule has 0 radical (unpaired) electrons. The third kappa shape index (κ3) is 6.42. The summed E-state index contributed by atoms with van der Waals surface area (Å²) >= 11 is 0. The molecule has 0 spiro atoms. The van der Waals surface area contributed by atoms with Crippen LogP contribution in [0.2, 0.25) is 0 Å². The van der Waals surface area contributed by atoms with Crippen LogP contribution in [-0.4, -0.2) is 29.9 Å². The van der Waals surface area contributed by atoms with Gasteiger partial charge in [-0.25, -0.2) is 4.79 Å². The van der Waals surface area contributed by atoms with Gasteiger partial charge in [-0.3, -0.25) is 9.59 Å². The molecule has 0 bridgehead atoms. The normalized spacial score (nSPS) is 10.6. The molecule has 1 aromatic rings. The fourth-order valence-corrected chi connectivity index (χ4v) is 1.57. The molecule has 0 atom stereocenters. The maximum Gasteiger partial charge on any atom is 0.316 e. The van der Waals surface area contributed by atoms with E-state index in [1.54, 1.807) is 12.1 Å². The average molecular weight is 292 g/mol. The summed E-state index contributed by atoms with van der Waals surface area (Å²) in [6, 6.07) is 5.49. The summed E-state index contributed by atoms with van der Waals surface area (Å²) in [4.78, 5) is 34.1. The Hall–Kier alpha value is -2.57. The van der Waals surface area contributed by atoms with Gasteiger partial charge >= 0.3 is 6.03 Å². The molecule has 0 aliphatic carbocycles. The Kier molecular flexibility index (Phi) is 5.29. The zero-order valence-corrected chi connectivity index (χ0v) is 12.3. The Bertz CT molecular complexity index is 532. The Morgan fingerprint density at radius 1 is 1.10 bits per heavy atom. The van der Waals surface area contributed by atoms with Gasteiger partial charge in [-0.2, -0.15) is 0 Å². The van der Waals surface area contributed by atoms with E-state index in [2.05, 4.69) is 16.0 Å². The van der Waals surface area contributed by atoms with Gasteiger partial charge in [0.15, 0.2) is 0 Å². The number of carbonyl (C=O) groups excluding carboxylic acids is 3. The number of amides is 4. The van der Waals surface area contributed by atoms with Gasteiger partial charge in [0.1, 0.15) is 0 Å². The summed E-state index contributed by atoms with van der Waals surface area (Å²) in [5.74, 6) is -0.632. The topological polar surface area (TPSA) is 113 Å². The first kappa shape index (κ1) is 16.5. The summed E-state index contributed by atoms with van der Waals surface area (Å²) in [5, 5.41) is 7.65. The van der Waals surface area contributed by atoms with Crippen LogP contribution in [0.5, 0.6) is 0 Å². The quantitative estimate of drug-likeness (QED) is 0.659. The summed E-state index contributed by atoms with van der Waals surface area (Å²) in [6.45, 7) is 5.48. The lowest BCUT2D eigenvalue weighted by Crippen LogP contribution is -2.45. The number of nitrogens with two attached hydrogens (primary N) is 1. The highest BCUT2D eigenvalue weighted by Crippen LogP contribution is 2.09. The highest BCUT2D eigenvalue weighted by molar-refractivity contribution is 5.97. The van der Waals surface area contributed by atoms with E-state index < -0.39 is 6.03 Å². The van der Waals surface area contributed by atoms with E-state index in [0.717, 1.165) is 0 Å². The number of primary amides is 1. The number of carbonyl (C=O) groups is 3. The van der Waals surface area contributed by atoms with Crippen molar-refractivity contribution in [1.82, 2.24) is 10.6 Å². The molecule has 0 aliphatic heterocycles. The Balaban J connectivity index is 2.52. The first-order valence-corrected chi connectivity index (χ1v) is 6.43. The van der Waals surface area contributed by atoms with E-state index >= 15 is 0 Å². The van der Waals surface area contributed by atoms with Crippen molar-refractivity contribution in [2.75, 3.05) is 11.9 Å². The standard InChI is InChI=1S/C14H20N4O3/c1-14(2,3)18-11(19)8-16-12(20)9-4-6-10(7-5-9)17-13(15)21/h4-7H,8H2,1-3H3,(H,16,20)(H,18,19)(H3,15,17,21). The molecule has 21 heavy (non-hydrogen) atoms. The van der Waals surface area contributed by atoms with Gasteiger partial charge in [-0.05, 0) is 45.0 Å². The molecule has 0 aliphatic rings. The second-order valence-electron chi connectivity index (χ2n) is 5.55. The van der Waals surface area contributed by atoms with E-state index in [4.69, 9.17) is 5.73 Å². The fourth-order valence-electron chi connectivity index (χ4n) is 1.57. The molecule has 0 aromatic heterocycles. The van der Waals surface area contributed by atoms with Crippen LogP contribution < -0.4 is 21.7 Å². The Morgan fingerprint density at radius 3 is 2.14 bits per heavy atom. The van der Waals surface area contributed by atoms with Crippen LogP contribution in [0.3, 0.4) is 0 Å². The second kappa shape index (κ2) is 6.74. The SMILES string of the molecule is CC(C)(C)NC(=O)CNC(=O)c1ccc(NC(N)=O)cc1. The predicted octanol–water partition coefficient (Wildman–Crippen LogP) is 0.822. The van der Waals surface area contributed by atoms with Crippen LogP contribution >= 0.6 is 0 Å². The second-order valence-corrected chi connectivity index (χ2v) is 5.55. The fraction of sp³-hybridized carbons (Fsp3) is 0.357. The summed E-state index contributed by atoms with van der Waals surface area (Å²) in [5.41, 5.74) is 5.51. The minimum atomic E-state index is -0.675. The molecule has 4 amide bonds. The molecule has 7 heteroatoms. The Morgan fingerprint density at radius 2 is 1.67 bits per heavy atom. The molecule has 114 valence electrons. The van der Waals surface area contributed by atoms with Gasteiger partial charge in [0.05, 0.1) is 6.54 Å². The van der Waals surface area contributed by atoms with E-state index in [-0.39, 0.29) is 23.9 Å². The van der Waals surface area contributed by atoms with Gasteiger partial charge in [0, 0.05) is 16.8 Å². The van der Waals surface area contributed by atoms with Crippen LogP contribution in [0, 0.1) is 0 Å². The molecule has 0 saturated carbocycles. The van der Waals surface area contributed by atoms with Crippen LogP contribution in [-0.2, 0) is 4.79 Å². The van der Waals surface area contributed by atoms with Crippen LogP contribution in [0.25, 0.3) is 0 Å². The van der Waals surface area contributed by atoms with Crippen molar-refractivity contribution in [2.24, 2.45) is 5.73 Å². The molecule has 1 aromatic carbocycles. The zero-order valence-electron chi connectivity index (χ0n) is 12.3. The number of nitrogens with one attached hydrogen (secondary N) is 3. The van der Waals surface area contributed by atoms with Crippen molar-refractivity contribution in [2.45, 2.75) is 26.3 Å². The highest BCUT2D eigenvalue weighted by Gasteiger charge is 2.14. The monoisotopic (exact) mass is 292 g/mol. The van der Waals surface area contributed by atoms with Gasteiger partial charge < -0.3 is 21.7 Å². The number of urea groups is 1. The van der Waals surface area contributed by atoms with Gasteiger partial charge in [0.25, 0.3) is 5.91 Å². The Labute approximate surface area is 123 Å². The summed E-state index contributed by atoms with van der Waals surface area (Å²) < 4.78 is 0. The third-order valence-corrected chi connectivity index (χ3v) is 2.34. The van der Waals surface area contributed by atoms with Crippen molar-refractivity contribution in [3.05, 3.63) is 29.8 Å². The molecule has 5 N–H and O–H groups in total. The van der Waals surface area contributed by atoms with Crippen LogP contribution in [0.15, 0.2) is 24.3 Å². The molecular weight excluding hydrogens is 272 g/mol. The number of benzene rings is 1. The van der Waals surface area contributed by atoms with Crippen LogP contribution in [0.4, 0.5) is 10.5 Å². The largest absolute Gasteiger partial charge is 0.351 e. The van der Waals surface area contributed by atoms with Gasteiger partial charge in [-0.1, -0.05) is 0 Å². The van der Waals surface area contributed by atoms with Gasteiger partial charge in [0.2, 0.25) is 5.91 Å². The highest BCUT2D eigenvalue weighted by atomic mass is 16.2. The van der Waals surface area contributed by atoms with E-state index in [0.29, 0.717) is 11.3 Å². The van der Waals surface area contributed by atoms with Gasteiger partial charge in [-0.15, -0.1) is 0 Å². The van der Waals surface area contributed by atoms with Crippen LogP contribution in [0.1, 0.15) is 31.1 Å². The summed E-state index contributed by atoms with van der Waals surface area (Å²) in [7, 11) is 0. The molecule has 1 rings (SSSR count). The van der Waals surface area contributed by atoms with E-state index in [9.17, 15) is 14.4 Å². The minimum absolute atomic E-state index is 0.0998. The van der Waals surface area contributed by atoms with Crippen molar-refractivity contribution in [3.8, 4) is 0 Å². The molecule has 7 nitrogen and oxygen atoms in total. The minimum Gasteiger partial charge on any atom is -0.351 e. The molecule has 0 saturated heterocycles. The first-order valence-electron chi connectivity index (χ1n) is 6.43. The van der Waals surface area contributed by atoms with E-state index in [1.165, 1.54) is 12.1 Å². The average Bonchev–Trinajstić information content (AvgIpc) is 2.34. The van der Waals surface area contributed by atoms with Crippen molar-refractivity contribution in [1.29, 1.82) is 0 Å². The predicted molar refractivity (Wildman–Crippen MR) is 79.9 cm³/mol. The number of hydrogen-bond acceptors (Lipinski definition) is 3. The third-order valence-electron chi connectivity index (χ3n) is 2.34. The smallest absolute Gasteiger partial charge is 0.316 e. The summed E-state index contributed by atoms with van der Waals surface area (Å²) in [6.07, 6.45) is 0. The zero-order chi connectivity index (χ0) is 16.0. The molecule has 0 unspecified atom stereocenters. The first-order chi connectivity index (χ1) is 9.67. The maximum absolute atomic E-state index is 11.8. The molecule has 0 heterocycles. The lowest BCUT2D eigenvalue weighted by molar-refractivity contribution is -0.121. The number of anilines is 1.